The van der Waals surface area contributed by atoms with Crippen molar-refractivity contribution >= 4 is 21.6 Å². The fourth-order valence-corrected chi connectivity index (χ4v) is 2.88. The molecular formula is C12H15ClN2O2S. The van der Waals surface area contributed by atoms with E-state index < -0.39 is 15.2 Å². The van der Waals surface area contributed by atoms with Gasteiger partial charge in [0.25, 0.3) is 0 Å². The van der Waals surface area contributed by atoms with Gasteiger partial charge in [0, 0.05) is 13.1 Å². The van der Waals surface area contributed by atoms with Crippen molar-refractivity contribution in [3.63, 3.8) is 0 Å². The molecule has 0 fully saturated rings. The molecule has 0 amide bonds. The van der Waals surface area contributed by atoms with Gasteiger partial charge in [0.05, 0.1) is 11.6 Å². The minimum atomic E-state index is -3.40. The lowest BCUT2D eigenvalue weighted by Gasteiger charge is -2.20. The number of halogens is 1. The van der Waals surface area contributed by atoms with E-state index in [9.17, 15) is 8.42 Å². The first-order valence-electron chi connectivity index (χ1n) is 5.56. The smallest absolute Gasteiger partial charge is 0.211 e. The Hall–Kier alpha value is -1.09. The van der Waals surface area contributed by atoms with E-state index in [1.54, 1.807) is 24.3 Å². The van der Waals surface area contributed by atoms with Crippen LogP contribution >= 0.6 is 11.6 Å². The zero-order valence-electron chi connectivity index (χ0n) is 10.1. The highest BCUT2D eigenvalue weighted by Crippen LogP contribution is 2.12. The minimum Gasteiger partial charge on any atom is -0.211 e. The van der Waals surface area contributed by atoms with E-state index in [0.717, 1.165) is 12.0 Å². The van der Waals surface area contributed by atoms with Gasteiger partial charge in [-0.05, 0) is 24.1 Å². The monoisotopic (exact) mass is 286 g/mol. The molecular weight excluding hydrogens is 272 g/mol. The van der Waals surface area contributed by atoms with Crippen molar-refractivity contribution in [2.75, 3.05) is 11.8 Å². The summed E-state index contributed by atoms with van der Waals surface area (Å²) in [5.41, 5.74) is 1.40. The van der Waals surface area contributed by atoms with Crippen LogP contribution in [-0.2, 0) is 16.6 Å². The predicted octanol–water partition coefficient (Wildman–Crippen LogP) is 2.30. The fourth-order valence-electron chi connectivity index (χ4n) is 1.52. The summed E-state index contributed by atoms with van der Waals surface area (Å²) in [5, 5.41) is 8.27. The molecule has 0 saturated heterocycles. The Morgan fingerprint density at radius 3 is 2.39 bits per heavy atom. The van der Waals surface area contributed by atoms with Gasteiger partial charge in [-0.3, -0.25) is 0 Å². The number of rotatable bonds is 6. The number of sulfonamides is 1. The zero-order chi connectivity index (χ0) is 13.6. The van der Waals surface area contributed by atoms with Crippen LogP contribution in [0.4, 0.5) is 0 Å². The maximum absolute atomic E-state index is 11.8. The second-order valence-corrected chi connectivity index (χ2v) is 6.42. The molecule has 0 saturated carbocycles. The number of nitriles is 1. The zero-order valence-corrected chi connectivity index (χ0v) is 11.7. The topological polar surface area (TPSA) is 61.2 Å². The molecule has 0 aliphatic carbocycles. The maximum Gasteiger partial charge on any atom is 0.228 e. The van der Waals surface area contributed by atoms with Gasteiger partial charge in [-0.2, -0.15) is 9.57 Å². The third kappa shape index (κ3) is 3.98. The average molecular weight is 287 g/mol. The van der Waals surface area contributed by atoms with Crippen LogP contribution in [-0.4, -0.2) is 24.5 Å². The largest absolute Gasteiger partial charge is 0.228 e. The van der Waals surface area contributed by atoms with Crippen LogP contribution < -0.4 is 0 Å². The van der Waals surface area contributed by atoms with E-state index in [4.69, 9.17) is 16.9 Å². The number of hydrogen-bond acceptors (Lipinski definition) is 3. The third-order valence-electron chi connectivity index (χ3n) is 2.45. The van der Waals surface area contributed by atoms with Gasteiger partial charge in [-0.25, -0.2) is 8.42 Å². The first-order valence-corrected chi connectivity index (χ1v) is 7.70. The van der Waals surface area contributed by atoms with Gasteiger partial charge in [-0.1, -0.05) is 19.1 Å². The van der Waals surface area contributed by atoms with Crippen LogP contribution in [0.25, 0.3) is 0 Å². The molecule has 0 heterocycles. The van der Waals surface area contributed by atoms with Crippen LogP contribution in [0.1, 0.15) is 24.5 Å². The van der Waals surface area contributed by atoms with Crippen molar-refractivity contribution in [3.8, 4) is 6.07 Å². The fraction of sp³-hybridized carbons (Fsp3) is 0.417. The summed E-state index contributed by atoms with van der Waals surface area (Å²) < 4.78 is 24.9. The molecule has 1 rings (SSSR count). The maximum atomic E-state index is 11.8. The Labute approximate surface area is 113 Å². The van der Waals surface area contributed by atoms with E-state index in [1.807, 2.05) is 13.0 Å². The summed E-state index contributed by atoms with van der Waals surface area (Å²) in [6.45, 7) is 2.64. The summed E-state index contributed by atoms with van der Waals surface area (Å²) in [6.07, 6.45) is 0.729. The van der Waals surface area contributed by atoms with E-state index in [1.165, 1.54) is 4.31 Å². The van der Waals surface area contributed by atoms with Crippen molar-refractivity contribution in [2.45, 2.75) is 19.9 Å². The van der Waals surface area contributed by atoms with Gasteiger partial charge in [0.2, 0.25) is 10.0 Å². The van der Waals surface area contributed by atoms with Gasteiger partial charge in [0.15, 0.2) is 0 Å². The van der Waals surface area contributed by atoms with Gasteiger partial charge in [0.1, 0.15) is 5.21 Å². The summed E-state index contributed by atoms with van der Waals surface area (Å²) in [6, 6.07) is 8.88. The normalized spacial score (nSPS) is 11.4. The van der Waals surface area contributed by atoms with Gasteiger partial charge in [-0.15, -0.1) is 11.6 Å². The van der Waals surface area contributed by atoms with Crippen LogP contribution in [0, 0.1) is 11.3 Å². The molecule has 1 aromatic carbocycles. The van der Waals surface area contributed by atoms with E-state index in [0.29, 0.717) is 12.1 Å². The number of alkyl halides is 1. The first kappa shape index (κ1) is 15.0. The second-order valence-electron chi connectivity index (χ2n) is 3.86. The summed E-state index contributed by atoms with van der Waals surface area (Å²) >= 11 is 5.46. The van der Waals surface area contributed by atoms with Gasteiger partial charge < -0.3 is 0 Å². The van der Waals surface area contributed by atoms with Crippen molar-refractivity contribution in [1.29, 1.82) is 5.26 Å². The van der Waals surface area contributed by atoms with Crippen LogP contribution in [0.5, 0.6) is 0 Å². The van der Waals surface area contributed by atoms with E-state index in [2.05, 4.69) is 0 Å². The molecule has 18 heavy (non-hydrogen) atoms. The third-order valence-corrected chi connectivity index (χ3v) is 4.65. The lowest BCUT2D eigenvalue weighted by atomic mass is 10.1. The van der Waals surface area contributed by atoms with Crippen molar-refractivity contribution in [3.05, 3.63) is 35.4 Å². The summed E-state index contributed by atoms with van der Waals surface area (Å²) in [7, 11) is -3.40. The molecule has 0 radical (unpaired) electrons. The molecule has 0 aliphatic rings. The molecule has 0 atom stereocenters. The predicted molar refractivity (Wildman–Crippen MR) is 71.5 cm³/mol. The highest BCUT2D eigenvalue weighted by molar-refractivity contribution is 7.90. The molecule has 6 heteroatoms. The Kier molecular flexibility index (Phi) is 5.60. The average Bonchev–Trinajstić information content (AvgIpc) is 2.39. The molecule has 0 aromatic heterocycles. The Morgan fingerprint density at radius 1 is 1.33 bits per heavy atom. The van der Waals surface area contributed by atoms with Crippen molar-refractivity contribution in [1.82, 2.24) is 4.31 Å². The second kappa shape index (κ2) is 6.74. The quantitative estimate of drug-likeness (QED) is 0.754. The highest BCUT2D eigenvalue weighted by Gasteiger charge is 2.20. The molecule has 0 aliphatic heterocycles. The van der Waals surface area contributed by atoms with Gasteiger partial charge >= 0.3 is 0 Å². The lowest BCUT2D eigenvalue weighted by Crippen LogP contribution is -2.32. The molecule has 98 valence electrons. The standard InChI is InChI=1S/C12H15ClN2O2S/c1-2-7-15(18(16,17)10-13)9-12-5-3-11(8-14)4-6-12/h3-6H,2,7,9-10H2,1H3. The molecule has 0 N–H and O–H groups in total. The molecule has 1 aromatic rings. The summed E-state index contributed by atoms with van der Waals surface area (Å²) in [4.78, 5) is 0. The molecule has 4 nitrogen and oxygen atoms in total. The molecule has 0 unspecified atom stereocenters. The highest BCUT2D eigenvalue weighted by atomic mass is 35.5. The number of hydrogen-bond donors (Lipinski definition) is 0. The van der Waals surface area contributed by atoms with Crippen molar-refractivity contribution in [2.24, 2.45) is 0 Å². The Morgan fingerprint density at radius 2 is 1.94 bits per heavy atom. The van der Waals surface area contributed by atoms with Crippen LogP contribution in [0.2, 0.25) is 0 Å². The lowest BCUT2D eigenvalue weighted by molar-refractivity contribution is 0.408. The molecule has 0 bridgehead atoms. The number of nitrogens with zero attached hydrogens (tertiary/aromatic N) is 2. The van der Waals surface area contributed by atoms with Crippen molar-refractivity contribution < 1.29 is 8.42 Å². The van der Waals surface area contributed by atoms with Crippen LogP contribution in [0.15, 0.2) is 24.3 Å². The Balaban J connectivity index is 2.87. The SMILES string of the molecule is CCCN(Cc1ccc(C#N)cc1)S(=O)(=O)CCl. The summed E-state index contributed by atoms with van der Waals surface area (Å²) in [5.74, 6) is 0. The van der Waals surface area contributed by atoms with E-state index in [-0.39, 0.29) is 6.54 Å². The minimum absolute atomic E-state index is 0.286. The Bertz CT molecular complexity index is 520. The number of benzene rings is 1. The van der Waals surface area contributed by atoms with E-state index >= 15 is 0 Å². The first-order chi connectivity index (χ1) is 8.53. The van der Waals surface area contributed by atoms with Crippen LogP contribution in [0.3, 0.4) is 0 Å². The molecule has 0 spiro atoms.